The first kappa shape index (κ1) is 13.0. The predicted molar refractivity (Wildman–Crippen MR) is 64.4 cm³/mol. The molecule has 0 aliphatic carbocycles. The molecule has 0 saturated carbocycles. The van der Waals surface area contributed by atoms with Gasteiger partial charge in [0, 0.05) is 6.42 Å². The summed E-state index contributed by atoms with van der Waals surface area (Å²) >= 11 is 6.76. The third kappa shape index (κ3) is 3.50. The zero-order valence-electron chi connectivity index (χ0n) is 8.75. The Morgan fingerprint density at radius 3 is 2.81 bits per heavy atom. The highest BCUT2D eigenvalue weighted by atomic mass is 35.5. The van der Waals surface area contributed by atoms with Crippen molar-refractivity contribution in [2.24, 2.45) is 0 Å². The topological polar surface area (TPSA) is 66.4 Å². The number of unbranched alkanes of at least 4 members (excludes halogenated alkanes) is 1. The minimum absolute atomic E-state index is 0.0415. The standard InChI is InChI=1S/C10H12ClNO3S/c1-2-3-4-8(13)12-9-6(10(14)15)5-7(11)16-9/h5H,2-4H2,1H3,(H,12,13)(H,14,15). The molecule has 4 nitrogen and oxygen atoms in total. The van der Waals surface area contributed by atoms with Crippen molar-refractivity contribution in [1.82, 2.24) is 0 Å². The summed E-state index contributed by atoms with van der Waals surface area (Å²) in [5.41, 5.74) is 0.0415. The molecule has 0 aliphatic heterocycles. The number of carboxylic acids is 1. The molecule has 1 aromatic heterocycles. The van der Waals surface area contributed by atoms with Gasteiger partial charge in [0.25, 0.3) is 0 Å². The number of hydrogen-bond donors (Lipinski definition) is 2. The van der Waals surface area contributed by atoms with Crippen LogP contribution in [0.3, 0.4) is 0 Å². The largest absolute Gasteiger partial charge is 0.478 e. The first-order valence-electron chi connectivity index (χ1n) is 4.87. The Morgan fingerprint density at radius 1 is 1.56 bits per heavy atom. The summed E-state index contributed by atoms with van der Waals surface area (Å²) in [6.07, 6.45) is 2.10. The smallest absolute Gasteiger partial charge is 0.338 e. The third-order valence-corrected chi connectivity index (χ3v) is 3.12. The van der Waals surface area contributed by atoms with Crippen molar-refractivity contribution in [3.05, 3.63) is 16.0 Å². The lowest BCUT2D eigenvalue weighted by molar-refractivity contribution is -0.116. The van der Waals surface area contributed by atoms with Crippen LogP contribution in [0.15, 0.2) is 6.07 Å². The summed E-state index contributed by atoms with van der Waals surface area (Å²) in [5, 5.41) is 11.7. The van der Waals surface area contributed by atoms with Crippen LogP contribution in [0.2, 0.25) is 4.34 Å². The summed E-state index contributed by atoms with van der Waals surface area (Å²) in [6, 6.07) is 1.34. The Balaban J connectivity index is 2.72. The first-order valence-corrected chi connectivity index (χ1v) is 6.06. The minimum atomic E-state index is -1.09. The van der Waals surface area contributed by atoms with Gasteiger partial charge in [0.15, 0.2) is 0 Å². The van der Waals surface area contributed by atoms with Crippen LogP contribution < -0.4 is 5.32 Å². The Kier molecular flexibility index (Phi) is 4.76. The second-order valence-electron chi connectivity index (χ2n) is 3.25. The van der Waals surface area contributed by atoms with E-state index in [-0.39, 0.29) is 11.5 Å². The van der Waals surface area contributed by atoms with E-state index in [2.05, 4.69) is 5.32 Å². The maximum Gasteiger partial charge on any atom is 0.338 e. The molecule has 0 spiro atoms. The number of nitrogens with one attached hydrogen (secondary N) is 1. The Hall–Kier alpha value is -1.07. The van der Waals surface area contributed by atoms with E-state index in [1.165, 1.54) is 6.07 Å². The lowest BCUT2D eigenvalue weighted by atomic mass is 10.2. The Labute approximate surface area is 102 Å². The minimum Gasteiger partial charge on any atom is -0.478 e. The van der Waals surface area contributed by atoms with Crippen LogP contribution in [0.4, 0.5) is 5.00 Å². The van der Waals surface area contributed by atoms with E-state index < -0.39 is 5.97 Å². The van der Waals surface area contributed by atoms with Gasteiger partial charge in [0.2, 0.25) is 5.91 Å². The van der Waals surface area contributed by atoms with Crippen molar-refractivity contribution < 1.29 is 14.7 Å². The highest BCUT2D eigenvalue weighted by molar-refractivity contribution is 7.20. The van der Waals surface area contributed by atoms with Crippen molar-refractivity contribution >= 4 is 39.8 Å². The van der Waals surface area contributed by atoms with Crippen LogP contribution in [0.25, 0.3) is 0 Å². The maximum atomic E-state index is 11.4. The number of carboxylic acid groups (broad SMARTS) is 1. The molecule has 0 aliphatic rings. The molecule has 88 valence electrons. The second-order valence-corrected chi connectivity index (χ2v) is 4.93. The highest BCUT2D eigenvalue weighted by Crippen LogP contribution is 2.31. The average Bonchev–Trinajstić information content (AvgIpc) is 2.56. The van der Waals surface area contributed by atoms with Crippen molar-refractivity contribution in [1.29, 1.82) is 0 Å². The molecule has 2 N–H and O–H groups in total. The molecular formula is C10H12ClNO3S. The normalized spacial score (nSPS) is 10.1. The molecule has 0 aromatic carbocycles. The monoisotopic (exact) mass is 261 g/mol. The number of anilines is 1. The molecular weight excluding hydrogens is 250 g/mol. The van der Waals surface area contributed by atoms with E-state index in [1.807, 2.05) is 6.92 Å². The zero-order chi connectivity index (χ0) is 12.1. The maximum absolute atomic E-state index is 11.4. The summed E-state index contributed by atoms with van der Waals surface area (Å²) < 4.78 is 0.350. The number of thiophene rings is 1. The van der Waals surface area contributed by atoms with Crippen LogP contribution in [0.1, 0.15) is 36.5 Å². The molecule has 0 unspecified atom stereocenters. The molecule has 6 heteroatoms. The van der Waals surface area contributed by atoms with Gasteiger partial charge in [0.05, 0.1) is 9.90 Å². The van der Waals surface area contributed by atoms with Crippen molar-refractivity contribution in [2.45, 2.75) is 26.2 Å². The molecule has 0 atom stereocenters. The van der Waals surface area contributed by atoms with Crippen molar-refractivity contribution in [2.75, 3.05) is 5.32 Å². The van der Waals surface area contributed by atoms with Crippen LogP contribution in [0, 0.1) is 0 Å². The van der Waals surface area contributed by atoms with Gasteiger partial charge in [0.1, 0.15) is 5.00 Å². The van der Waals surface area contributed by atoms with Gasteiger partial charge in [-0.25, -0.2) is 4.79 Å². The number of amides is 1. The van der Waals surface area contributed by atoms with Gasteiger partial charge in [-0.3, -0.25) is 4.79 Å². The molecule has 0 bridgehead atoms. The molecule has 1 amide bonds. The first-order chi connectivity index (χ1) is 7.54. The SMILES string of the molecule is CCCCC(=O)Nc1sc(Cl)cc1C(=O)O. The molecule has 0 fully saturated rings. The molecule has 0 radical (unpaired) electrons. The van der Waals surface area contributed by atoms with Crippen molar-refractivity contribution in [3.8, 4) is 0 Å². The predicted octanol–water partition coefficient (Wildman–Crippen LogP) is 3.23. The quantitative estimate of drug-likeness (QED) is 0.855. The number of rotatable bonds is 5. The lowest BCUT2D eigenvalue weighted by Crippen LogP contribution is -2.12. The third-order valence-electron chi connectivity index (χ3n) is 1.94. The van der Waals surface area contributed by atoms with Crippen LogP contribution >= 0.6 is 22.9 Å². The molecule has 1 rings (SSSR count). The summed E-state index contributed by atoms with van der Waals surface area (Å²) in [5.74, 6) is -1.27. The van der Waals surface area contributed by atoms with E-state index in [1.54, 1.807) is 0 Å². The Bertz CT molecular complexity index is 403. The zero-order valence-corrected chi connectivity index (χ0v) is 10.3. The average molecular weight is 262 g/mol. The van der Waals surface area contributed by atoms with Gasteiger partial charge in [-0.2, -0.15) is 0 Å². The van der Waals surface area contributed by atoms with Crippen LogP contribution in [-0.4, -0.2) is 17.0 Å². The number of hydrogen-bond acceptors (Lipinski definition) is 3. The highest BCUT2D eigenvalue weighted by Gasteiger charge is 2.16. The fourth-order valence-corrected chi connectivity index (χ4v) is 2.27. The lowest BCUT2D eigenvalue weighted by Gasteiger charge is -2.02. The summed E-state index contributed by atoms with van der Waals surface area (Å²) in [6.45, 7) is 1.98. The summed E-state index contributed by atoms with van der Waals surface area (Å²) in [7, 11) is 0. The van der Waals surface area contributed by atoms with E-state index in [0.717, 1.165) is 24.2 Å². The van der Waals surface area contributed by atoms with E-state index in [9.17, 15) is 9.59 Å². The fourth-order valence-electron chi connectivity index (χ4n) is 1.14. The van der Waals surface area contributed by atoms with E-state index >= 15 is 0 Å². The summed E-state index contributed by atoms with van der Waals surface area (Å²) in [4.78, 5) is 22.2. The van der Waals surface area contributed by atoms with Gasteiger partial charge >= 0.3 is 5.97 Å². The number of aromatic carboxylic acids is 1. The molecule has 1 aromatic rings. The van der Waals surface area contributed by atoms with Crippen LogP contribution in [0.5, 0.6) is 0 Å². The van der Waals surface area contributed by atoms with Gasteiger partial charge < -0.3 is 10.4 Å². The van der Waals surface area contributed by atoms with Gasteiger partial charge in [-0.05, 0) is 12.5 Å². The van der Waals surface area contributed by atoms with Crippen LogP contribution in [-0.2, 0) is 4.79 Å². The molecule has 16 heavy (non-hydrogen) atoms. The second kappa shape index (κ2) is 5.86. The van der Waals surface area contributed by atoms with Gasteiger partial charge in [-0.1, -0.05) is 24.9 Å². The fraction of sp³-hybridized carbons (Fsp3) is 0.400. The van der Waals surface area contributed by atoms with E-state index in [0.29, 0.717) is 15.8 Å². The van der Waals surface area contributed by atoms with E-state index in [4.69, 9.17) is 16.7 Å². The molecule has 1 heterocycles. The van der Waals surface area contributed by atoms with Gasteiger partial charge in [-0.15, -0.1) is 11.3 Å². The molecule has 0 saturated heterocycles. The Morgan fingerprint density at radius 2 is 2.25 bits per heavy atom. The van der Waals surface area contributed by atoms with Crippen molar-refractivity contribution in [3.63, 3.8) is 0 Å². The number of carbonyl (C=O) groups is 2. The number of halogens is 1. The number of carbonyl (C=O) groups excluding carboxylic acids is 1.